The van der Waals surface area contributed by atoms with E-state index in [-0.39, 0.29) is 5.13 Å². The number of anilines is 1. The zero-order valence-corrected chi connectivity index (χ0v) is 9.75. The molecule has 0 fully saturated rings. The molecule has 0 amide bonds. The van der Waals surface area contributed by atoms with Crippen molar-refractivity contribution in [2.24, 2.45) is 0 Å². The lowest BCUT2D eigenvalue weighted by Crippen LogP contribution is -2.16. The maximum atomic E-state index is 11.8. The summed E-state index contributed by atoms with van der Waals surface area (Å²) in [5.74, 6) is -1.38. The Morgan fingerprint density at radius 1 is 1.53 bits per heavy atom. The fraction of sp³-hybridized carbons (Fsp3) is 0. The number of hydrogen-bond donors (Lipinski definition) is 3. The molecule has 3 N–H and O–H groups in total. The molecule has 0 bridgehead atoms. The second-order valence-corrected chi connectivity index (χ2v) is 5.37. The number of nitrogens with zero attached hydrogens (tertiary/aromatic N) is 2. The van der Waals surface area contributed by atoms with Crippen molar-refractivity contribution in [1.29, 1.82) is 0 Å². The van der Waals surface area contributed by atoms with Crippen molar-refractivity contribution in [3.8, 4) is 0 Å². The highest BCUT2D eigenvalue weighted by Crippen LogP contribution is 2.18. The fourth-order valence-corrected chi connectivity index (χ4v) is 2.95. The van der Waals surface area contributed by atoms with E-state index in [1.807, 2.05) is 0 Å². The average molecular weight is 274 g/mol. The number of hydrogen-bond acceptors (Lipinski definition) is 6. The molecule has 2 heterocycles. The van der Waals surface area contributed by atoms with E-state index in [2.05, 4.69) is 19.9 Å². The molecule has 0 atom stereocenters. The normalized spacial score (nSPS) is 11.3. The van der Waals surface area contributed by atoms with E-state index in [1.165, 1.54) is 6.20 Å². The number of H-pyrrole nitrogens is 1. The number of carboxylic acids is 1. The van der Waals surface area contributed by atoms with Crippen LogP contribution in [0.5, 0.6) is 0 Å². The molecular formula is C7H6N4O4S2. The summed E-state index contributed by atoms with van der Waals surface area (Å²) in [4.78, 5) is 14.5. The maximum Gasteiger partial charge on any atom is 0.340 e. The SMILES string of the molecule is O=C(O)c1cn[nH]c1S(=O)(=O)Nc1nccs1. The van der Waals surface area contributed by atoms with Crippen molar-refractivity contribution < 1.29 is 18.3 Å². The molecule has 0 spiro atoms. The zero-order chi connectivity index (χ0) is 12.5. The smallest absolute Gasteiger partial charge is 0.340 e. The average Bonchev–Trinajstić information content (AvgIpc) is 2.84. The van der Waals surface area contributed by atoms with Gasteiger partial charge < -0.3 is 5.11 Å². The van der Waals surface area contributed by atoms with Gasteiger partial charge in [-0.1, -0.05) is 0 Å². The second kappa shape index (κ2) is 4.14. The number of carbonyl (C=O) groups is 1. The van der Waals surface area contributed by atoms with Crippen LogP contribution in [-0.4, -0.2) is 34.7 Å². The Morgan fingerprint density at radius 3 is 2.88 bits per heavy atom. The van der Waals surface area contributed by atoms with Gasteiger partial charge in [0, 0.05) is 11.6 Å². The summed E-state index contributed by atoms with van der Waals surface area (Å²) in [6.07, 6.45) is 2.35. The first kappa shape index (κ1) is 11.5. The van der Waals surface area contributed by atoms with E-state index in [9.17, 15) is 13.2 Å². The minimum atomic E-state index is -4.02. The monoisotopic (exact) mass is 274 g/mol. The van der Waals surface area contributed by atoms with Gasteiger partial charge in [-0.15, -0.1) is 11.3 Å². The molecular weight excluding hydrogens is 268 g/mol. The van der Waals surface area contributed by atoms with Crippen LogP contribution in [0.4, 0.5) is 5.13 Å². The van der Waals surface area contributed by atoms with Crippen LogP contribution >= 0.6 is 11.3 Å². The highest BCUT2D eigenvalue weighted by Gasteiger charge is 2.25. The van der Waals surface area contributed by atoms with Crippen molar-refractivity contribution in [2.75, 3.05) is 4.72 Å². The zero-order valence-electron chi connectivity index (χ0n) is 8.11. The van der Waals surface area contributed by atoms with Crippen LogP contribution in [0.25, 0.3) is 0 Å². The number of aromatic nitrogens is 3. The van der Waals surface area contributed by atoms with E-state index in [1.54, 1.807) is 5.38 Å². The van der Waals surface area contributed by atoms with Crippen LogP contribution in [0, 0.1) is 0 Å². The van der Waals surface area contributed by atoms with Gasteiger partial charge in [0.05, 0.1) is 6.20 Å². The van der Waals surface area contributed by atoms with Crippen molar-refractivity contribution in [3.63, 3.8) is 0 Å². The van der Waals surface area contributed by atoms with Gasteiger partial charge in [-0.05, 0) is 0 Å². The molecule has 10 heteroatoms. The topological polar surface area (TPSA) is 125 Å². The van der Waals surface area contributed by atoms with E-state index in [0.29, 0.717) is 0 Å². The fourth-order valence-electron chi connectivity index (χ4n) is 1.07. The Morgan fingerprint density at radius 2 is 2.29 bits per heavy atom. The summed E-state index contributed by atoms with van der Waals surface area (Å²) in [7, 11) is -4.02. The number of sulfonamides is 1. The Balaban J connectivity index is 2.38. The third-order valence-electron chi connectivity index (χ3n) is 1.76. The third kappa shape index (κ3) is 2.26. The molecule has 0 radical (unpaired) electrons. The quantitative estimate of drug-likeness (QED) is 0.739. The van der Waals surface area contributed by atoms with E-state index >= 15 is 0 Å². The van der Waals surface area contributed by atoms with Crippen LogP contribution in [-0.2, 0) is 10.0 Å². The molecule has 0 aromatic carbocycles. The summed E-state index contributed by atoms with van der Waals surface area (Å²) in [6.45, 7) is 0. The molecule has 0 aliphatic heterocycles. The van der Waals surface area contributed by atoms with Gasteiger partial charge in [0.25, 0.3) is 10.0 Å². The third-order valence-corrected chi connectivity index (χ3v) is 3.89. The van der Waals surface area contributed by atoms with Gasteiger partial charge in [0.15, 0.2) is 10.2 Å². The maximum absolute atomic E-state index is 11.8. The predicted molar refractivity (Wildman–Crippen MR) is 58.5 cm³/mol. The van der Waals surface area contributed by atoms with Crippen molar-refractivity contribution in [1.82, 2.24) is 15.2 Å². The molecule has 90 valence electrons. The number of thiazole rings is 1. The summed E-state index contributed by atoms with van der Waals surface area (Å²) in [5.41, 5.74) is -0.422. The second-order valence-electron chi connectivity index (χ2n) is 2.86. The van der Waals surface area contributed by atoms with E-state index in [0.717, 1.165) is 17.5 Å². The molecule has 0 unspecified atom stereocenters. The molecule has 0 aliphatic rings. The van der Waals surface area contributed by atoms with Gasteiger partial charge in [0.2, 0.25) is 0 Å². The number of rotatable bonds is 4. The first-order chi connectivity index (χ1) is 8.00. The summed E-state index contributed by atoms with van der Waals surface area (Å²) in [6, 6.07) is 0. The lowest BCUT2D eigenvalue weighted by molar-refractivity contribution is 0.0692. The van der Waals surface area contributed by atoms with Gasteiger partial charge in [-0.25, -0.2) is 9.78 Å². The van der Waals surface area contributed by atoms with E-state index < -0.39 is 26.6 Å². The number of aromatic amines is 1. The van der Waals surface area contributed by atoms with Crippen molar-refractivity contribution >= 4 is 32.5 Å². The Bertz CT molecular complexity index is 631. The number of aromatic carboxylic acids is 1. The van der Waals surface area contributed by atoms with Crippen LogP contribution in [0.1, 0.15) is 10.4 Å². The highest BCUT2D eigenvalue weighted by molar-refractivity contribution is 7.92. The van der Waals surface area contributed by atoms with Gasteiger partial charge in [-0.3, -0.25) is 9.82 Å². The summed E-state index contributed by atoms with van der Waals surface area (Å²) < 4.78 is 25.8. The first-order valence-electron chi connectivity index (χ1n) is 4.19. The van der Waals surface area contributed by atoms with Crippen molar-refractivity contribution in [3.05, 3.63) is 23.3 Å². The number of nitrogens with one attached hydrogen (secondary N) is 2. The van der Waals surface area contributed by atoms with Crippen molar-refractivity contribution in [2.45, 2.75) is 5.03 Å². The summed E-state index contributed by atoms with van der Waals surface area (Å²) in [5, 5.41) is 15.5. The highest BCUT2D eigenvalue weighted by atomic mass is 32.2. The van der Waals surface area contributed by atoms with Crippen LogP contribution < -0.4 is 4.72 Å². The van der Waals surface area contributed by atoms with Crippen LogP contribution in [0.15, 0.2) is 22.8 Å². The molecule has 0 aliphatic carbocycles. The van der Waals surface area contributed by atoms with Gasteiger partial charge in [-0.2, -0.15) is 13.5 Å². The first-order valence-corrected chi connectivity index (χ1v) is 6.56. The molecule has 2 aromatic rings. The lowest BCUT2D eigenvalue weighted by Gasteiger charge is -2.03. The molecule has 0 saturated carbocycles. The minimum absolute atomic E-state index is 0.149. The molecule has 2 aromatic heterocycles. The standard InChI is InChI=1S/C7H6N4O4S2/c12-6(13)4-3-9-10-5(4)17(14,15)11-7-8-1-2-16-7/h1-3H,(H,8,11)(H,9,10)(H,12,13). The number of carboxylic acid groups (broad SMARTS) is 1. The van der Waals surface area contributed by atoms with E-state index in [4.69, 9.17) is 5.11 Å². The minimum Gasteiger partial charge on any atom is -0.478 e. The molecule has 17 heavy (non-hydrogen) atoms. The Labute approximate surface area is 99.4 Å². The largest absolute Gasteiger partial charge is 0.478 e. The van der Waals surface area contributed by atoms with Gasteiger partial charge in [0.1, 0.15) is 5.56 Å². The van der Waals surface area contributed by atoms with Gasteiger partial charge >= 0.3 is 5.97 Å². The molecule has 8 nitrogen and oxygen atoms in total. The molecule has 2 rings (SSSR count). The predicted octanol–water partition coefficient (Wildman–Crippen LogP) is 0.365. The molecule has 0 saturated heterocycles. The lowest BCUT2D eigenvalue weighted by atomic mass is 10.4. The van der Waals surface area contributed by atoms with Crippen LogP contribution in [0.2, 0.25) is 0 Å². The Kier molecular flexibility index (Phi) is 2.81. The van der Waals surface area contributed by atoms with Crippen LogP contribution in [0.3, 0.4) is 0 Å². The summed E-state index contributed by atoms with van der Waals surface area (Å²) >= 11 is 1.08. The Hall–Kier alpha value is -1.94.